The molecule has 3 nitrogen and oxygen atoms in total. The van der Waals surface area contributed by atoms with Crippen molar-refractivity contribution in [2.45, 2.75) is 19.4 Å². The van der Waals surface area contributed by atoms with Crippen LogP contribution in [-0.4, -0.2) is 5.91 Å². The Morgan fingerprint density at radius 1 is 1.47 bits per heavy atom. The fraction of sp³-hybridized carbons (Fsp3) is 0.250. The first-order chi connectivity index (χ1) is 7.15. The third-order valence-corrected chi connectivity index (χ3v) is 2.13. The Morgan fingerprint density at radius 3 is 2.53 bits per heavy atom. The lowest BCUT2D eigenvalue weighted by atomic mass is 10.0. The lowest BCUT2D eigenvalue weighted by molar-refractivity contribution is -0.121. The fourth-order valence-electron chi connectivity index (χ4n) is 1.30. The molecule has 0 saturated heterocycles. The minimum Gasteiger partial charge on any atom is -0.401 e. The Kier molecular flexibility index (Phi) is 3.92. The zero-order valence-corrected chi connectivity index (χ0v) is 8.86. The highest BCUT2D eigenvalue weighted by Crippen LogP contribution is 2.16. The molecule has 0 aliphatic carbocycles. The van der Waals surface area contributed by atoms with Crippen molar-refractivity contribution in [3.63, 3.8) is 0 Å². The van der Waals surface area contributed by atoms with Crippen LogP contribution in [0.25, 0.3) is 0 Å². The largest absolute Gasteiger partial charge is 0.401 e. The van der Waals surface area contributed by atoms with Crippen molar-refractivity contribution in [2.75, 3.05) is 0 Å². The molecule has 0 fully saturated rings. The molecule has 0 spiro atoms. The van der Waals surface area contributed by atoms with Crippen LogP contribution < -0.4 is 11.1 Å². The maximum absolute atomic E-state index is 11.3. The molecule has 1 aromatic rings. The number of nitrogens with two attached hydrogens (primary N) is 1. The minimum atomic E-state index is -0.293. The minimum absolute atomic E-state index is 0.0320. The van der Waals surface area contributed by atoms with Gasteiger partial charge in [0, 0.05) is 12.1 Å². The van der Waals surface area contributed by atoms with Crippen LogP contribution in [0.2, 0.25) is 0 Å². The van der Waals surface area contributed by atoms with E-state index in [-0.39, 0.29) is 11.9 Å². The molecule has 0 saturated carbocycles. The first-order valence-electron chi connectivity index (χ1n) is 4.93. The van der Waals surface area contributed by atoms with Gasteiger partial charge >= 0.3 is 0 Å². The molecule has 1 amide bonds. The maximum atomic E-state index is 11.3. The number of hydrogen-bond acceptors (Lipinski definition) is 2. The van der Waals surface area contributed by atoms with E-state index in [0.717, 1.165) is 5.56 Å². The molecule has 15 heavy (non-hydrogen) atoms. The van der Waals surface area contributed by atoms with E-state index in [1.807, 2.05) is 30.3 Å². The summed E-state index contributed by atoms with van der Waals surface area (Å²) in [4.78, 5) is 11.3. The summed E-state index contributed by atoms with van der Waals surface area (Å²) in [7, 11) is 0. The van der Waals surface area contributed by atoms with E-state index in [1.165, 1.54) is 0 Å². The van der Waals surface area contributed by atoms with Crippen LogP contribution in [0.1, 0.15) is 24.9 Å². The number of carbonyl (C=O) groups is 1. The molecular weight excluding hydrogens is 188 g/mol. The standard InChI is InChI=1S/C12H16N2O/c1-3-11(15)14-12(9(2)13)10-7-5-4-6-8-10/h4-8,12H,2-3,13H2,1H3,(H,14,15). The monoisotopic (exact) mass is 204 g/mol. The van der Waals surface area contributed by atoms with Gasteiger partial charge in [0.15, 0.2) is 0 Å². The van der Waals surface area contributed by atoms with Crippen molar-refractivity contribution in [3.8, 4) is 0 Å². The van der Waals surface area contributed by atoms with E-state index < -0.39 is 0 Å². The van der Waals surface area contributed by atoms with E-state index in [2.05, 4.69) is 11.9 Å². The molecule has 80 valence electrons. The molecule has 1 atom stereocenters. The van der Waals surface area contributed by atoms with E-state index in [9.17, 15) is 4.79 Å². The highest BCUT2D eigenvalue weighted by molar-refractivity contribution is 5.76. The molecule has 0 aliphatic rings. The van der Waals surface area contributed by atoms with Crippen LogP contribution in [-0.2, 0) is 4.79 Å². The summed E-state index contributed by atoms with van der Waals surface area (Å²) in [6, 6.07) is 9.27. The maximum Gasteiger partial charge on any atom is 0.220 e. The molecule has 1 aromatic carbocycles. The third-order valence-electron chi connectivity index (χ3n) is 2.13. The first-order valence-corrected chi connectivity index (χ1v) is 4.93. The second kappa shape index (κ2) is 5.20. The number of nitrogens with one attached hydrogen (secondary N) is 1. The molecule has 1 rings (SSSR count). The average molecular weight is 204 g/mol. The van der Waals surface area contributed by atoms with Gasteiger partial charge in [-0.05, 0) is 5.56 Å². The Hall–Kier alpha value is -1.77. The van der Waals surface area contributed by atoms with E-state index in [4.69, 9.17) is 5.73 Å². The average Bonchev–Trinajstić information content (AvgIpc) is 2.26. The summed E-state index contributed by atoms with van der Waals surface area (Å²) in [5.41, 5.74) is 7.06. The Balaban J connectivity index is 2.84. The molecule has 0 heterocycles. The Labute approximate surface area is 90.0 Å². The van der Waals surface area contributed by atoms with Crippen molar-refractivity contribution in [1.82, 2.24) is 5.32 Å². The van der Waals surface area contributed by atoms with Gasteiger partial charge in [-0.2, -0.15) is 0 Å². The number of carbonyl (C=O) groups excluding carboxylic acids is 1. The molecule has 1 unspecified atom stereocenters. The number of amides is 1. The molecule has 3 heteroatoms. The topological polar surface area (TPSA) is 55.1 Å². The summed E-state index contributed by atoms with van der Waals surface area (Å²) in [6.45, 7) is 5.48. The SMILES string of the molecule is C=C(N)C(NC(=O)CC)c1ccccc1. The molecule has 3 N–H and O–H groups in total. The Morgan fingerprint density at radius 2 is 2.07 bits per heavy atom. The smallest absolute Gasteiger partial charge is 0.220 e. The van der Waals surface area contributed by atoms with E-state index in [0.29, 0.717) is 12.1 Å². The predicted molar refractivity (Wildman–Crippen MR) is 60.9 cm³/mol. The first kappa shape index (κ1) is 11.3. The van der Waals surface area contributed by atoms with Gasteiger partial charge < -0.3 is 11.1 Å². The van der Waals surface area contributed by atoms with Crippen LogP contribution in [0.15, 0.2) is 42.6 Å². The molecule has 0 aromatic heterocycles. The van der Waals surface area contributed by atoms with Gasteiger partial charge in [0.05, 0.1) is 6.04 Å². The third kappa shape index (κ3) is 3.13. The molecule has 0 radical (unpaired) electrons. The zero-order valence-electron chi connectivity index (χ0n) is 8.86. The summed E-state index contributed by atoms with van der Waals surface area (Å²) >= 11 is 0. The van der Waals surface area contributed by atoms with Gasteiger partial charge in [0.1, 0.15) is 0 Å². The van der Waals surface area contributed by atoms with Crippen molar-refractivity contribution >= 4 is 5.91 Å². The number of hydrogen-bond donors (Lipinski definition) is 2. The summed E-state index contributed by atoms with van der Waals surface area (Å²) < 4.78 is 0. The van der Waals surface area contributed by atoms with Gasteiger partial charge in [0.25, 0.3) is 0 Å². The summed E-state index contributed by atoms with van der Waals surface area (Å²) in [6.07, 6.45) is 0.441. The van der Waals surface area contributed by atoms with Gasteiger partial charge in [0.2, 0.25) is 5.91 Å². The highest BCUT2D eigenvalue weighted by atomic mass is 16.1. The van der Waals surface area contributed by atoms with Gasteiger partial charge in [-0.25, -0.2) is 0 Å². The van der Waals surface area contributed by atoms with Crippen LogP contribution in [0.5, 0.6) is 0 Å². The van der Waals surface area contributed by atoms with Gasteiger partial charge in [-0.15, -0.1) is 0 Å². The van der Waals surface area contributed by atoms with E-state index in [1.54, 1.807) is 6.92 Å². The zero-order chi connectivity index (χ0) is 11.3. The van der Waals surface area contributed by atoms with Crippen LogP contribution >= 0.6 is 0 Å². The fourth-order valence-corrected chi connectivity index (χ4v) is 1.30. The second-order valence-corrected chi connectivity index (χ2v) is 3.34. The summed E-state index contributed by atoms with van der Waals surface area (Å²) in [5.74, 6) is -0.0320. The van der Waals surface area contributed by atoms with Crippen molar-refractivity contribution in [2.24, 2.45) is 5.73 Å². The van der Waals surface area contributed by atoms with Gasteiger partial charge in [-0.1, -0.05) is 43.8 Å². The van der Waals surface area contributed by atoms with Gasteiger partial charge in [-0.3, -0.25) is 4.79 Å². The molecular formula is C12H16N2O. The lowest BCUT2D eigenvalue weighted by Crippen LogP contribution is -2.31. The molecule has 0 bridgehead atoms. The van der Waals surface area contributed by atoms with Crippen molar-refractivity contribution in [1.29, 1.82) is 0 Å². The van der Waals surface area contributed by atoms with Crippen molar-refractivity contribution in [3.05, 3.63) is 48.2 Å². The normalized spacial score (nSPS) is 11.8. The van der Waals surface area contributed by atoms with Crippen LogP contribution in [0, 0.1) is 0 Å². The lowest BCUT2D eigenvalue weighted by Gasteiger charge is -2.18. The van der Waals surface area contributed by atoms with Crippen LogP contribution in [0.4, 0.5) is 0 Å². The quantitative estimate of drug-likeness (QED) is 0.784. The van der Waals surface area contributed by atoms with Crippen LogP contribution in [0.3, 0.4) is 0 Å². The summed E-state index contributed by atoms with van der Waals surface area (Å²) in [5, 5.41) is 2.82. The highest BCUT2D eigenvalue weighted by Gasteiger charge is 2.14. The van der Waals surface area contributed by atoms with E-state index >= 15 is 0 Å². The predicted octanol–water partition coefficient (Wildman–Crippen LogP) is 1.73. The number of rotatable bonds is 4. The van der Waals surface area contributed by atoms with Crippen molar-refractivity contribution < 1.29 is 4.79 Å². The molecule has 0 aliphatic heterocycles. The Bertz CT molecular complexity index is 346. The second-order valence-electron chi connectivity index (χ2n) is 3.34. The number of benzene rings is 1.